The second-order valence-corrected chi connectivity index (χ2v) is 12.3. The highest BCUT2D eigenvalue weighted by molar-refractivity contribution is 5.25. The highest BCUT2D eigenvalue weighted by Crippen LogP contribution is 2.83. The first kappa shape index (κ1) is 20.0. The fraction of sp³-hybridized carbons (Fsp3) is 1.00. The molecular weight excluding hydrogens is 264 g/mol. The van der Waals surface area contributed by atoms with Crippen molar-refractivity contribution in [2.75, 3.05) is 0 Å². The quantitative estimate of drug-likeness (QED) is 0.468. The molecule has 0 bridgehead atoms. The van der Waals surface area contributed by atoms with Crippen molar-refractivity contribution in [3.63, 3.8) is 0 Å². The molecule has 0 aromatic carbocycles. The van der Waals surface area contributed by atoms with Gasteiger partial charge in [0.25, 0.3) is 0 Å². The van der Waals surface area contributed by atoms with Gasteiger partial charge in [0.1, 0.15) is 0 Å². The van der Waals surface area contributed by atoms with Crippen LogP contribution in [-0.4, -0.2) is 0 Å². The van der Waals surface area contributed by atoms with E-state index in [-0.39, 0.29) is 32.5 Å². The van der Waals surface area contributed by atoms with Crippen LogP contribution in [0, 0.1) is 37.9 Å². The first-order valence-electron chi connectivity index (χ1n) is 9.21. The third-order valence-corrected chi connectivity index (χ3v) is 9.24. The molecule has 132 valence electrons. The summed E-state index contributed by atoms with van der Waals surface area (Å²) in [7, 11) is 0. The molecule has 1 rings (SSSR count). The maximum atomic E-state index is 2.60. The van der Waals surface area contributed by atoms with E-state index >= 15 is 0 Å². The number of rotatable bonds is 1. The summed E-state index contributed by atoms with van der Waals surface area (Å²) in [5.41, 5.74) is 1.97. The Kier molecular flexibility index (Phi) is 4.14. The van der Waals surface area contributed by atoms with Gasteiger partial charge >= 0.3 is 0 Å². The zero-order valence-corrected chi connectivity index (χ0v) is 18.2. The molecule has 1 saturated carbocycles. The molecule has 0 spiro atoms. The van der Waals surface area contributed by atoms with E-state index < -0.39 is 0 Å². The molecule has 1 aliphatic rings. The lowest BCUT2D eigenvalue weighted by atomic mass is 9.44. The van der Waals surface area contributed by atoms with E-state index in [1.807, 2.05) is 0 Å². The maximum absolute atomic E-state index is 2.60. The Bertz CT molecular complexity index is 436. The van der Waals surface area contributed by atoms with Crippen LogP contribution < -0.4 is 0 Å². The minimum Gasteiger partial charge on any atom is -0.0602 e. The van der Waals surface area contributed by atoms with Crippen molar-refractivity contribution in [3.05, 3.63) is 0 Å². The van der Waals surface area contributed by atoms with Crippen molar-refractivity contribution >= 4 is 0 Å². The SMILES string of the molecule is CC(C)(C)C[C@]1(C)C(C)(C)C(C)(C)C(C)(C)[C@@]1(C)C(C)(C)C. The summed E-state index contributed by atoms with van der Waals surface area (Å²) in [4.78, 5) is 0. The molecule has 2 atom stereocenters. The highest BCUT2D eigenvalue weighted by atomic mass is 14.8. The van der Waals surface area contributed by atoms with Crippen molar-refractivity contribution < 1.29 is 0 Å². The summed E-state index contributed by atoms with van der Waals surface area (Å²) in [5.74, 6) is 0. The summed E-state index contributed by atoms with van der Waals surface area (Å²) in [6, 6.07) is 0. The first-order chi connectivity index (χ1) is 9.21. The van der Waals surface area contributed by atoms with Gasteiger partial charge in [-0.15, -0.1) is 0 Å². The van der Waals surface area contributed by atoms with Crippen molar-refractivity contribution in [2.45, 2.75) is 103 Å². The van der Waals surface area contributed by atoms with Gasteiger partial charge in [-0.3, -0.25) is 0 Å². The summed E-state index contributed by atoms with van der Waals surface area (Å²) in [6.45, 7) is 35.0. The molecule has 0 heteroatoms. The van der Waals surface area contributed by atoms with Gasteiger partial charge in [-0.25, -0.2) is 0 Å². The van der Waals surface area contributed by atoms with Crippen molar-refractivity contribution in [2.24, 2.45) is 37.9 Å². The Morgan fingerprint density at radius 3 is 1.18 bits per heavy atom. The standard InChI is InChI=1S/C22H44/c1-16(2,3)15-21(13)19(9,10)18(7,8)20(11,12)22(21,14)17(4,5)6/h15H2,1-14H3/t21-,22-/m1/s1. The van der Waals surface area contributed by atoms with Crippen LogP contribution >= 0.6 is 0 Å². The van der Waals surface area contributed by atoms with Crippen LogP contribution in [0.25, 0.3) is 0 Å². The minimum absolute atomic E-state index is 0.257. The first-order valence-corrected chi connectivity index (χ1v) is 9.21. The van der Waals surface area contributed by atoms with Crippen LogP contribution in [0.3, 0.4) is 0 Å². The zero-order chi connectivity index (χ0) is 18.2. The molecule has 0 N–H and O–H groups in total. The summed E-state index contributed by atoms with van der Waals surface area (Å²) in [6.07, 6.45) is 1.27. The van der Waals surface area contributed by atoms with Gasteiger partial charge in [-0.2, -0.15) is 0 Å². The van der Waals surface area contributed by atoms with Gasteiger partial charge in [-0.05, 0) is 44.3 Å². The number of hydrogen-bond acceptors (Lipinski definition) is 0. The molecule has 0 amide bonds. The molecule has 1 fully saturated rings. The third-order valence-electron chi connectivity index (χ3n) is 9.24. The van der Waals surface area contributed by atoms with Crippen LogP contribution in [0.15, 0.2) is 0 Å². The zero-order valence-electron chi connectivity index (χ0n) is 18.2. The van der Waals surface area contributed by atoms with Crippen LogP contribution in [-0.2, 0) is 0 Å². The van der Waals surface area contributed by atoms with E-state index in [0.717, 1.165) is 0 Å². The van der Waals surface area contributed by atoms with Crippen LogP contribution in [0.5, 0.6) is 0 Å². The smallest absolute Gasteiger partial charge is 0.0161 e. The van der Waals surface area contributed by atoms with E-state index in [1.54, 1.807) is 0 Å². The van der Waals surface area contributed by atoms with Crippen molar-refractivity contribution in [3.8, 4) is 0 Å². The molecule has 0 aromatic heterocycles. The Labute approximate surface area is 141 Å². The van der Waals surface area contributed by atoms with E-state index in [2.05, 4.69) is 96.9 Å². The second-order valence-electron chi connectivity index (χ2n) is 12.3. The van der Waals surface area contributed by atoms with Crippen LogP contribution in [0.4, 0.5) is 0 Å². The molecule has 22 heavy (non-hydrogen) atoms. The summed E-state index contributed by atoms with van der Waals surface area (Å²) < 4.78 is 0. The van der Waals surface area contributed by atoms with E-state index in [0.29, 0.717) is 5.41 Å². The Hall–Kier alpha value is 0. The van der Waals surface area contributed by atoms with Gasteiger partial charge in [0.05, 0.1) is 0 Å². The summed E-state index contributed by atoms with van der Waals surface area (Å²) >= 11 is 0. The van der Waals surface area contributed by atoms with Crippen LogP contribution in [0.2, 0.25) is 0 Å². The van der Waals surface area contributed by atoms with E-state index in [1.165, 1.54) is 6.42 Å². The normalized spacial score (nSPS) is 37.4. The van der Waals surface area contributed by atoms with E-state index in [4.69, 9.17) is 0 Å². The largest absolute Gasteiger partial charge is 0.0602 e. The monoisotopic (exact) mass is 308 g/mol. The van der Waals surface area contributed by atoms with Gasteiger partial charge in [0, 0.05) is 0 Å². The van der Waals surface area contributed by atoms with Gasteiger partial charge < -0.3 is 0 Å². The highest BCUT2D eigenvalue weighted by Gasteiger charge is 2.77. The fourth-order valence-electron chi connectivity index (χ4n) is 6.63. The van der Waals surface area contributed by atoms with E-state index in [9.17, 15) is 0 Å². The second kappa shape index (κ2) is 4.54. The molecule has 0 saturated heterocycles. The Morgan fingerprint density at radius 2 is 0.909 bits per heavy atom. The van der Waals surface area contributed by atoms with Crippen molar-refractivity contribution in [1.82, 2.24) is 0 Å². The lowest BCUT2D eigenvalue weighted by Crippen LogP contribution is -2.54. The molecule has 0 aliphatic heterocycles. The predicted octanol–water partition coefficient (Wildman–Crippen LogP) is 7.57. The molecule has 0 aromatic rings. The lowest BCUT2D eigenvalue weighted by molar-refractivity contribution is -0.123. The topological polar surface area (TPSA) is 0 Å². The Balaban J connectivity index is 3.84. The molecular formula is C22H44. The maximum Gasteiger partial charge on any atom is -0.0161 e. The molecule has 0 radical (unpaired) electrons. The number of hydrogen-bond donors (Lipinski definition) is 0. The van der Waals surface area contributed by atoms with Crippen molar-refractivity contribution in [1.29, 1.82) is 0 Å². The molecule has 0 heterocycles. The average Bonchev–Trinajstić information content (AvgIpc) is 2.26. The molecule has 0 nitrogen and oxygen atoms in total. The summed E-state index contributed by atoms with van der Waals surface area (Å²) in [5, 5.41) is 0. The van der Waals surface area contributed by atoms with Crippen LogP contribution in [0.1, 0.15) is 103 Å². The van der Waals surface area contributed by atoms with Gasteiger partial charge in [0.15, 0.2) is 0 Å². The molecule has 0 unspecified atom stereocenters. The molecule has 1 aliphatic carbocycles. The minimum atomic E-state index is 0.257. The van der Waals surface area contributed by atoms with Gasteiger partial charge in [-0.1, -0.05) is 96.9 Å². The average molecular weight is 309 g/mol. The van der Waals surface area contributed by atoms with Gasteiger partial charge in [0.2, 0.25) is 0 Å². The fourth-order valence-corrected chi connectivity index (χ4v) is 6.63. The predicted molar refractivity (Wildman–Crippen MR) is 101 cm³/mol. The Morgan fingerprint density at radius 1 is 0.545 bits per heavy atom. The lowest BCUT2D eigenvalue weighted by Gasteiger charge is -2.60. The third kappa shape index (κ3) is 2.01.